The Bertz CT molecular complexity index is 1270. The number of aromatic nitrogens is 2. The Morgan fingerprint density at radius 1 is 1.18 bits per heavy atom. The van der Waals surface area contributed by atoms with Crippen LogP contribution in [-0.2, 0) is 9.59 Å². The number of benzene rings is 1. The maximum Gasteiger partial charge on any atom is 0.246 e. The molecule has 1 aromatic carbocycles. The van der Waals surface area contributed by atoms with Gasteiger partial charge in [-0.3, -0.25) is 9.59 Å². The summed E-state index contributed by atoms with van der Waals surface area (Å²) in [7, 11) is 7.26. The highest BCUT2D eigenvalue weighted by molar-refractivity contribution is 5.91. The molecule has 0 saturated heterocycles. The highest BCUT2D eigenvalue weighted by atomic mass is 16.2. The third-order valence-electron chi connectivity index (χ3n) is 6.23. The molecular weight excluding hydrogens is 492 g/mol. The molecule has 0 bridgehead atoms. The van der Waals surface area contributed by atoms with Gasteiger partial charge < -0.3 is 25.8 Å². The summed E-state index contributed by atoms with van der Waals surface area (Å²) in [6, 6.07) is 9.17. The van der Waals surface area contributed by atoms with Crippen molar-refractivity contribution in [1.82, 2.24) is 25.1 Å². The van der Waals surface area contributed by atoms with E-state index >= 15 is 0 Å². The summed E-state index contributed by atoms with van der Waals surface area (Å²) in [4.78, 5) is 37.0. The van der Waals surface area contributed by atoms with E-state index in [1.807, 2.05) is 19.0 Å². The third kappa shape index (κ3) is 9.44. The van der Waals surface area contributed by atoms with E-state index in [1.165, 1.54) is 11.0 Å². The second-order valence-electron chi connectivity index (χ2n) is 9.78. The van der Waals surface area contributed by atoms with E-state index in [2.05, 4.69) is 43.8 Å². The van der Waals surface area contributed by atoms with Gasteiger partial charge >= 0.3 is 0 Å². The molecule has 3 N–H and O–H groups in total. The van der Waals surface area contributed by atoms with Crippen molar-refractivity contribution in [2.75, 3.05) is 51.9 Å². The lowest BCUT2D eigenvalue weighted by Gasteiger charge is -2.27. The zero-order valence-corrected chi connectivity index (χ0v) is 23.0. The maximum atomic E-state index is 12.6. The lowest BCUT2D eigenvalue weighted by Crippen LogP contribution is -2.44. The molecule has 0 spiro atoms. The monoisotopic (exact) mass is 528 g/mol. The van der Waals surface area contributed by atoms with Crippen molar-refractivity contribution in [2.24, 2.45) is 5.92 Å². The van der Waals surface area contributed by atoms with Crippen LogP contribution in [0.2, 0.25) is 0 Å². The summed E-state index contributed by atoms with van der Waals surface area (Å²) >= 11 is 0. The summed E-state index contributed by atoms with van der Waals surface area (Å²) in [5.41, 5.74) is 2.05. The third-order valence-corrected chi connectivity index (χ3v) is 6.23. The highest BCUT2D eigenvalue weighted by Crippen LogP contribution is 2.24. The van der Waals surface area contributed by atoms with E-state index in [0.717, 1.165) is 31.4 Å². The number of nitrogens with zero attached hydrogens (tertiary/aromatic N) is 5. The van der Waals surface area contributed by atoms with Gasteiger partial charge in [0.1, 0.15) is 5.82 Å². The molecule has 2 atom stereocenters. The number of rotatable bonds is 9. The zero-order chi connectivity index (χ0) is 28.2. The van der Waals surface area contributed by atoms with E-state index in [4.69, 9.17) is 5.26 Å². The van der Waals surface area contributed by atoms with Gasteiger partial charge in [0, 0.05) is 44.4 Å². The zero-order valence-electron chi connectivity index (χ0n) is 23.0. The lowest BCUT2D eigenvalue weighted by molar-refractivity contribution is -0.131. The fourth-order valence-corrected chi connectivity index (χ4v) is 4.17. The average molecular weight is 529 g/mol. The summed E-state index contributed by atoms with van der Waals surface area (Å²) in [5, 5.41) is 18.2. The Kier molecular flexibility index (Phi) is 10.8. The van der Waals surface area contributed by atoms with Crippen LogP contribution in [0.15, 0.2) is 42.6 Å². The Hall–Kier alpha value is -4.41. The molecule has 0 radical (unpaired) electrons. The SMILES string of the molecule is CNc1nc(Nc2ccc(C#N)cc2)ncc1C#C[C@@H]1CCC[C@H](NC(=O)CN(C)C(=O)/C=C/CN(C)C)C1. The number of nitriles is 1. The second-order valence-corrected chi connectivity index (χ2v) is 9.78. The minimum Gasteiger partial charge on any atom is -0.372 e. The first-order valence-electron chi connectivity index (χ1n) is 13.0. The first-order valence-corrected chi connectivity index (χ1v) is 13.0. The molecule has 1 aromatic heterocycles. The summed E-state index contributed by atoms with van der Waals surface area (Å²) < 4.78 is 0. The number of anilines is 3. The van der Waals surface area contributed by atoms with Crippen LogP contribution in [-0.4, -0.2) is 78.9 Å². The lowest BCUT2D eigenvalue weighted by atomic mass is 9.86. The molecule has 39 heavy (non-hydrogen) atoms. The number of hydrogen-bond donors (Lipinski definition) is 3. The normalized spacial score (nSPS) is 16.6. The van der Waals surface area contributed by atoms with Crippen molar-refractivity contribution in [3.63, 3.8) is 0 Å². The van der Waals surface area contributed by atoms with E-state index in [9.17, 15) is 9.59 Å². The topological polar surface area (TPSA) is 126 Å². The quantitative estimate of drug-likeness (QED) is 0.335. The van der Waals surface area contributed by atoms with E-state index in [-0.39, 0.29) is 30.3 Å². The fraction of sp³-hybridized carbons (Fsp3) is 0.414. The van der Waals surface area contributed by atoms with Crippen molar-refractivity contribution in [1.29, 1.82) is 5.26 Å². The first kappa shape index (κ1) is 29.2. The number of carbonyl (C=O) groups is 2. The molecule has 1 heterocycles. The fourth-order valence-electron chi connectivity index (χ4n) is 4.17. The van der Waals surface area contributed by atoms with Crippen molar-refractivity contribution < 1.29 is 9.59 Å². The Morgan fingerprint density at radius 2 is 1.95 bits per heavy atom. The van der Waals surface area contributed by atoms with Crippen LogP contribution in [0.3, 0.4) is 0 Å². The van der Waals surface area contributed by atoms with Gasteiger partial charge in [-0.15, -0.1) is 0 Å². The maximum absolute atomic E-state index is 12.6. The Morgan fingerprint density at radius 3 is 2.64 bits per heavy atom. The highest BCUT2D eigenvalue weighted by Gasteiger charge is 2.23. The molecule has 1 aliphatic carbocycles. The first-order chi connectivity index (χ1) is 18.8. The minimum atomic E-state index is -0.194. The van der Waals surface area contributed by atoms with Crippen LogP contribution in [0.5, 0.6) is 0 Å². The number of amides is 2. The molecule has 204 valence electrons. The van der Waals surface area contributed by atoms with Gasteiger partial charge in [-0.05, 0) is 57.6 Å². The Labute approximate surface area is 230 Å². The largest absolute Gasteiger partial charge is 0.372 e. The van der Waals surface area contributed by atoms with Crippen LogP contribution in [0.4, 0.5) is 17.5 Å². The summed E-state index contributed by atoms with van der Waals surface area (Å²) in [5.74, 6) is 7.36. The molecule has 1 fully saturated rings. The predicted molar refractivity (Wildman–Crippen MR) is 152 cm³/mol. The van der Waals surface area contributed by atoms with Crippen LogP contribution < -0.4 is 16.0 Å². The van der Waals surface area contributed by atoms with Crippen LogP contribution >= 0.6 is 0 Å². The average Bonchev–Trinajstić information content (AvgIpc) is 2.92. The van der Waals surface area contributed by atoms with Crippen molar-refractivity contribution in [2.45, 2.75) is 31.7 Å². The molecule has 1 saturated carbocycles. The van der Waals surface area contributed by atoms with Gasteiger partial charge in [0.25, 0.3) is 0 Å². The molecule has 10 heteroatoms. The van der Waals surface area contributed by atoms with Crippen molar-refractivity contribution in [3.8, 4) is 17.9 Å². The van der Waals surface area contributed by atoms with Crippen LogP contribution in [0.1, 0.15) is 36.8 Å². The smallest absolute Gasteiger partial charge is 0.246 e. The minimum absolute atomic E-state index is 0.0176. The molecule has 2 amide bonds. The predicted octanol–water partition coefficient (Wildman–Crippen LogP) is 2.74. The van der Waals surface area contributed by atoms with Crippen molar-refractivity contribution >= 4 is 29.3 Å². The molecule has 10 nitrogen and oxygen atoms in total. The van der Waals surface area contributed by atoms with Crippen LogP contribution in [0.25, 0.3) is 0 Å². The summed E-state index contributed by atoms with van der Waals surface area (Å²) in [6.07, 6.45) is 8.54. The molecule has 2 aromatic rings. The molecular formula is C29H36N8O2. The van der Waals surface area contributed by atoms with Gasteiger partial charge in [-0.25, -0.2) is 4.98 Å². The van der Waals surface area contributed by atoms with Gasteiger partial charge in [0.15, 0.2) is 0 Å². The number of nitrogens with one attached hydrogen (secondary N) is 3. The number of carbonyl (C=O) groups excluding carboxylic acids is 2. The Balaban J connectivity index is 1.55. The second kappa shape index (κ2) is 14.5. The van der Waals surface area contributed by atoms with Crippen molar-refractivity contribution in [3.05, 3.63) is 53.7 Å². The van der Waals surface area contributed by atoms with Gasteiger partial charge in [-0.2, -0.15) is 10.2 Å². The number of likely N-dealkylation sites (N-methyl/N-ethyl adjacent to an activating group) is 2. The van der Waals surface area contributed by atoms with E-state index in [1.54, 1.807) is 50.6 Å². The summed E-state index contributed by atoms with van der Waals surface area (Å²) in [6.45, 7) is 0.682. The standard InChI is InChI=1S/C29H36N8O2/c1-31-28-23(19-32-29(35-28)34-24-14-11-22(18-30)12-15-24)13-10-21-7-5-8-25(17-21)33-26(38)20-37(4)27(39)9-6-16-36(2)3/h6,9,11-12,14-15,19,21,25H,5,7-8,16-17,20H2,1-4H3,(H,33,38)(H2,31,32,34,35)/b9-6+/t21-,25-/m0/s1. The molecule has 0 unspecified atom stereocenters. The van der Waals surface area contributed by atoms with E-state index in [0.29, 0.717) is 29.4 Å². The van der Waals surface area contributed by atoms with Gasteiger partial charge in [0.05, 0.1) is 29.9 Å². The molecule has 0 aliphatic heterocycles. The van der Waals surface area contributed by atoms with Gasteiger partial charge in [0.2, 0.25) is 17.8 Å². The molecule has 1 aliphatic rings. The van der Waals surface area contributed by atoms with Gasteiger partial charge in [-0.1, -0.05) is 24.3 Å². The molecule has 3 rings (SSSR count). The van der Waals surface area contributed by atoms with E-state index < -0.39 is 0 Å². The van der Waals surface area contributed by atoms with Crippen LogP contribution in [0, 0.1) is 29.1 Å². The number of hydrogen-bond acceptors (Lipinski definition) is 8.